The van der Waals surface area contributed by atoms with Gasteiger partial charge in [0.25, 0.3) is 0 Å². The third-order valence-electron chi connectivity index (χ3n) is 3.28. The third-order valence-corrected chi connectivity index (χ3v) is 3.28. The first kappa shape index (κ1) is 15.0. The molecule has 0 fully saturated rings. The molecule has 0 spiro atoms. The van der Waals surface area contributed by atoms with Crippen molar-refractivity contribution in [2.45, 2.75) is 19.9 Å². The Morgan fingerprint density at radius 2 is 2.10 bits per heavy atom. The van der Waals surface area contributed by atoms with E-state index in [1.165, 1.54) is 5.56 Å². The quantitative estimate of drug-likeness (QED) is 0.766. The van der Waals surface area contributed by atoms with Crippen LogP contribution in [0.4, 0.5) is 5.69 Å². The lowest BCUT2D eigenvalue weighted by Gasteiger charge is -2.11. The van der Waals surface area contributed by atoms with Crippen LogP contribution in [0.15, 0.2) is 42.7 Å². The summed E-state index contributed by atoms with van der Waals surface area (Å²) in [4.78, 5) is 4.09. The third kappa shape index (κ3) is 4.59. The zero-order chi connectivity index (χ0) is 14.9. The van der Waals surface area contributed by atoms with Gasteiger partial charge in [0.15, 0.2) is 0 Å². The molecule has 0 atom stereocenters. The maximum absolute atomic E-state index is 9.10. The molecule has 0 saturated carbocycles. The minimum Gasteiger partial charge on any atom is -0.384 e. The molecule has 0 radical (unpaired) electrons. The van der Waals surface area contributed by atoms with Crippen LogP contribution in [0.25, 0.3) is 0 Å². The number of para-hydroxylation sites is 1. The summed E-state index contributed by atoms with van der Waals surface area (Å²) in [6, 6.07) is 12.0. The lowest BCUT2D eigenvalue weighted by molar-refractivity contribution is 0.662. The second-order valence-electron chi connectivity index (χ2n) is 4.93. The predicted molar refractivity (Wildman–Crippen MR) is 84.9 cm³/mol. The smallest absolute Gasteiger partial charge is 0.101 e. The molecule has 0 bridgehead atoms. The molecule has 0 unspecified atom stereocenters. The van der Waals surface area contributed by atoms with Crippen molar-refractivity contribution in [2.75, 3.05) is 18.4 Å². The van der Waals surface area contributed by atoms with Crippen molar-refractivity contribution in [3.05, 3.63) is 59.4 Å². The Morgan fingerprint density at radius 1 is 1.19 bits per heavy atom. The monoisotopic (exact) mass is 280 g/mol. The summed E-state index contributed by atoms with van der Waals surface area (Å²) in [6.07, 6.45) is 4.65. The topological polar surface area (TPSA) is 60.7 Å². The van der Waals surface area contributed by atoms with E-state index in [1.807, 2.05) is 37.4 Å². The van der Waals surface area contributed by atoms with E-state index in [0.717, 1.165) is 37.3 Å². The largest absolute Gasteiger partial charge is 0.384 e. The Hall–Kier alpha value is -2.38. The summed E-state index contributed by atoms with van der Waals surface area (Å²) in [5.41, 5.74) is 3.96. The first-order valence-electron chi connectivity index (χ1n) is 7.14. The van der Waals surface area contributed by atoms with Crippen LogP contribution in [0, 0.1) is 18.3 Å². The number of aromatic nitrogens is 1. The molecule has 2 rings (SSSR count). The molecule has 0 saturated heterocycles. The van der Waals surface area contributed by atoms with Crippen LogP contribution in [-0.4, -0.2) is 18.1 Å². The molecule has 1 aromatic heterocycles. The highest BCUT2D eigenvalue weighted by molar-refractivity contribution is 5.62. The number of anilines is 1. The van der Waals surface area contributed by atoms with Crippen molar-refractivity contribution in [3.8, 4) is 6.07 Å². The van der Waals surface area contributed by atoms with Crippen molar-refractivity contribution in [3.63, 3.8) is 0 Å². The number of rotatable bonds is 7. The van der Waals surface area contributed by atoms with Gasteiger partial charge in [-0.25, -0.2) is 0 Å². The van der Waals surface area contributed by atoms with Crippen LogP contribution in [0.2, 0.25) is 0 Å². The average Bonchev–Trinajstić information content (AvgIpc) is 2.52. The predicted octanol–water partition coefficient (Wildman–Crippen LogP) is 2.85. The number of benzene rings is 1. The highest BCUT2D eigenvalue weighted by Gasteiger charge is 2.03. The zero-order valence-electron chi connectivity index (χ0n) is 12.3. The molecular weight excluding hydrogens is 260 g/mol. The molecule has 2 aromatic rings. The number of pyridine rings is 1. The minimum atomic E-state index is 0.707. The van der Waals surface area contributed by atoms with Gasteiger partial charge < -0.3 is 10.6 Å². The number of hydrogen-bond donors (Lipinski definition) is 2. The van der Waals surface area contributed by atoms with Crippen LogP contribution in [0.1, 0.15) is 23.1 Å². The summed E-state index contributed by atoms with van der Waals surface area (Å²) < 4.78 is 0. The van der Waals surface area contributed by atoms with Crippen molar-refractivity contribution in [1.82, 2.24) is 10.3 Å². The Labute approximate surface area is 125 Å². The molecule has 108 valence electrons. The summed E-state index contributed by atoms with van der Waals surface area (Å²) in [6.45, 7) is 4.63. The first-order chi connectivity index (χ1) is 10.3. The number of nitrogens with one attached hydrogen (secondary N) is 2. The second-order valence-corrected chi connectivity index (χ2v) is 4.93. The van der Waals surface area contributed by atoms with Gasteiger partial charge in [-0.2, -0.15) is 5.26 Å². The van der Waals surface area contributed by atoms with Crippen molar-refractivity contribution in [2.24, 2.45) is 0 Å². The normalized spacial score (nSPS) is 10.1. The van der Waals surface area contributed by atoms with Gasteiger partial charge in [0.2, 0.25) is 0 Å². The lowest BCUT2D eigenvalue weighted by atomic mass is 10.1. The van der Waals surface area contributed by atoms with E-state index < -0.39 is 0 Å². The van der Waals surface area contributed by atoms with Crippen LogP contribution < -0.4 is 10.6 Å². The molecule has 0 aliphatic heterocycles. The van der Waals surface area contributed by atoms with Gasteiger partial charge in [0, 0.05) is 25.5 Å². The molecule has 1 aromatic carbocycles. The van der Waals surface area contributed by atoms with E-state index in [2.05, 4.69) is 27.8 Å². The number of aryl methyl sites for hydroxylation is 1. The maximum atomic E-state index is 9.10. The maximum Gasteiger partial charge on any atom is 0.101 e. The van der Waals surface area contributed by atoms with Gasteiger partial charge in [-0.3, -0.25) is 4.98 Å². The Kier molecular flexibility index (Phi) is 5.74. The van der Waals surface area contributed by atoms with E-state index >= 15 is 0 Å². The Morgan fingerprint density at radius 3 is 2.86 bits per heavy atom. The number of nitrogens with zero attached hydrogens (tertiary/aromatic N) is 2. The zero-order valence-corrected chi connectivity index (χ0v) is 12.3. The fourth-order valence-electron chi connectivity index (χ4n) is 2.16. The van der Waals surface area contributed by atoms with Gasteiger partial charge in [0.1, 0.15) is 6.07 Å². The first-order valence-corrected chi connectivity index (χ1v) is 7.14. The van der Waals surface area contributed by atoms with Gasteiger partial charge in [-0.05, 0) is 43.1 Å². The highest BCUT2D eigenvalue weighted by Crippen LogP contribution is 2.19. The molecule has 21 heavy (non-hydrogen) atoms. The lowest BCUT2D eigenvalue weighted by Crippen LogP contribution is -2.18. The molecule has 4 nitrogen and oxygen atoms in total. The fourth-order valence-corrected chi connectivity index (χ4v) is 2.16. The minimum absolute atomic E-state index is 0.707. The second kappa shape index (κ2) is 8.03. The Bertz CT molecular complexity index is 602. The van der Waals surface area contributed by atoms with Gasteiger partial charge in [-0.15, -0.1) is 0 Å². The van der Waals surface area contributed by atoms with E-state index in [-0.39, 0.29) is 0 Å². The highest BCUT2D eigenvalue weighted by atomic mass is 14.9. The Balaban J connectivity index is 1.70. The number of hydrogen-bond acceptors (Lipinski definition) is 4. The van der Waals surface area contributed by atoms with Crippen LogP contribution >= 0.6 is 0 Å². The van der Waals surface area contributed by atoms with Gasteiger partial charge >= 0.3 is 0 Å². The van der Waals surface area contributed by atoms with E-state index in [1.54, 1.807) is 6.20 Å². The van der Waals surface area contributed by atoms with Crippen molar-refractivity contribution < 1.29 is 0 Å². The van der Waals surface area contributed by atoms with Crippen LogP contribution in [-0.2, 0) is 6.54 Å². The molecule has 4 heteroatoms. The summed E-state index contributed by atoms with van der Waals surface area (Å²) in [7, 11) is 0. The van der Waals surface area contributed by atoms with Crippen molar-refractivity contribution >= 4 is 5.69 Å². The molecule has 1 heterocycles. The molecule has 2 N–H and O–H groups in total. The molecular formula is C17H20N4. The van der Waals surface area contributed by atoms with Gasteiger partial charge in [0.05, 0.1) is 11.3 Å². The molecule has 0 amide bonds. The standard InChI is InChI=1S/C17H20N4/c1-14-5-2-7-16(11-18)17(14)21-10-4-9-20-13-15-6-3-8-19-12-15/h2-3,5-8,12,20-21H,4,9-10,13H2,1H3. The van der Waals surface area contributed by atoms with Crippen LogP contribution in [0.5, 0.6) is 0 Å². The van der Waals surface area contributed by atoms with Crippen molar-refractivity contribution in [1.29, 1.82) is 5.26 Å². The van der Waals surface area contributed by atoms with E-state index in [0.29, 0.717) is 5.56 Å². The van der Waals surface area contributed by atoms with Gasteiger partial charge in [-0.1, -0.05) is 18.2 Å². The SMILES string of the molecule is Cc1cccc(C#N)c1NCCCNCc1cccnc1. The average molecular weight is 280 g/mol. The van der Waals surface area contributed by atoms with E-state index in [9.17, 15) is 0 Å². The summed E-state index contributed by atoms with van der Waals surface area (Å²) >= 11 is 0. The fraction of sp³-hybridized carbons (Fsp3) is 0.294. The number of nitriles is 1. The molecule has 0 aliphatic carbocycles. The summed E-state index contributed by atoms with van der Waals surface area (Å²) in [5.74, 6) is 0. The molecule has 0 aliphatic rings. The van der Waals surface area contributed by atoms with E-state index in [4.69, 9.17) is 5.26 Å². The van der Waals surface area contributed by atoms with Crippen LogP contribution in [0.3, 0.4) is 0 Å². The summed E-state index contributed by atoms with van der Waals surface area (Å²) in [5, 5.41) is 15.8.